The zero-order valence-electron chi connectivity index (χ0n) is 20.4. The van der Waals surface area contributed by atoms with E-state index >= 15 is 0 Å². The Kier molecular flexibility index (Phi) is 9.26. The Morgan fingerprint density at radius 2 is 1.86 bits per heavy atom. The third-order valence-corrected chi connectivity index (χ3v) is 7.23. The Bertz CT molecular complexity index is 1260. The molecule has 3 aromatic rings. The number of Topliss-reactive ketones (excluding diaryl/α,β-unsaturated/α-hetero) is 1. The van der Waals surface area contributed by atoms with Crippen molar-refractivity contribution in [3.8, 4) is 11.5 Å². The zero-order chi connectivity index (χ0) is 26.2. The average molecular weight is 544 g/mol. The summed E-state index contributed by atoms with van der Waals surface area (Å²) in [5, 5.41) is 5.81. The molecule has 1 unspecified atom stereocenters. The van der Waals surface area contributed by atoms with Crippen LogP contribution in [-0.4, -0.2) is 38.6 Å². The zero-order valence-corrected chi connectivity index (χ0v) is 22.0. The second-order valence-corrected chi connectivity index (χ2v) is 10.1. The number of benzene rings is 2. The van der Waals surface area contributed by atoms with Crippen LogP contribution in [0.25, 0.3) is 0 Å². The molecule has 2 aromatic carbocycles. The number of nitrogens with one attached hydrogen (secondary N) is 2. The number of aryl methyl sites for hydroxylation is 1. The van der Waals surface area contributed by atoms with Gasteiger partial charge in [-0.15, -0.1) is 11.3 Å². The Morgan fingerprint density at radius 3 is 2.57 bits per heavy atom. The van der Waals surface area contributed by atoms with Crippen LogP contribution in [0.4, 0.5) is 5.69 Å². The van der Waals surface area contributed by atoms with Gasteiger partial charge < -0.3 is 14.8 Å². The van der Waals surface area contributed by atoms with Crippen LogP contribution in [-0.2, 0) is 28.9 Å². The molecule has 9 nitrogen and oxygen atoms in total. The number of carbonyl (C=O) groups is 2. The molecule has 0 fully saturated rings. The second kappa shape index (κ2) is 12.8. The molecule has 11 heteroatoms. The minimum atomic E-state index is -2.15. The molecule has 0 saturated heterocycles. The van der Waals surface area contributed by atoms with Crippen LogP contribution < -0.4 is 19.5 Å². The van der Waals surface area contributed by atoms with Gasteiger partial charge in [-0.2, -0.15) is 0 Å². The lowest BCUT2D eigenvalue weighted by molar-refractivity contribution is -0.121. The van der Waals surface area contributed by atoms with E-state index in [1.165, 1.54) is 11.3 Å². The lowest BCUT2D eigenvalue weighted by Gasteiger charge is -2.17. The van der Waals surface area contributed by atoms with Gasteiger partial charge in [0.1, 0.15) is 5.01 Å². The monoisotopic (exact) mass is 543 g/mol. The van der Waals surface area contributed by atoms with Gasteiger partial charge >= 0.3 is 0 Å². The molecule has 0 bridgehead atoms. The third-order valence-electron chi connectivity index (χ3n) is 5.81. The number of hydrogen-bond donors (Lipinski definition) is 3. The van der Waals surface area contributed by atoms with Crippen LogP contribution in [0.1, 0.15) is 58.9 Å². The van der Waals surface area contributed by atoms with Gasteiger partial charge in [-0.25, -0.2) is 9.19 Å². The van der Waals surface area contributed by atoms with E-state index in [2.05, 4.69) is 15.0 Å². The van der Waals surface area contributed by atoms with Crippen LogP contribution in [0.5, 0.6) is 11.5 Å². The summed E-state index contributed by atoms with van der Waals surface area (Å²) in [6.45, 7) is 3.13. The maximum absolute atomic E-state index is 12.9. The van der Waals surface area contributed by atoms with Crippen molar-refractivity contribution in [3.63, 3.8) is 0 Å². The molecular formula is C26H29N3O6S2. The van der Waals surface area contributed by atoms with Gasteiger partial charge in [0.2, 0.25) is 5.91 Å². The number of anilines is 1. The smallest absolute Gasteiger partial charge is 0.259 e. The summed E-state index contributed by atoms with van der Waals surface area (Å²) < 4.78 is 33.7. The number of rotatable bonds is 11. The van der Waals surface area contributed by atoms with Gasteiger partial charge in [-0.1, -0.05) is 19.1 Å². The van der Waals surface area contributed by atoms with Crippen molar-refractivity contribution in [2.45, 2.75) is 45.1 Å². The lowest BCUT2D eigenvalue weighted by atomic mass is 10.0. The predicted octanol–water partition coefficient (Wildman–Crippen LogP) is 4.48. The van der Waals surface area contributed by atoms with Gasteiger partial charge in [0, 0.05) is 35.9 Å². The first-order valence-electron chi connectivity index (χ1n) is 12.0. The minimum absolute atomic E-state index is 0.0426. The molecule has 37 heavy (non-hydrogen) atoms. The topological polar surface area (TPSA) is 127 Å². The molecule has 1 amide bonds. The highest BCUT2D eigenvalue weighted by molar-refractivity contribution is 7.80. The van der Waals surface area contributed by atoms with E-state index in [1.807, 2.05) is 24.4 Å². The first kappa shape index (κ1) is 26.8. The van der Waals surface area contributed by atoms with Crippen molar-refractivity contribution in [3.05, 3.63) is 69.7 Å². The van der Waals surface area contributed by atoms with E-state index in [0.29, 0.717) is 42.4 Å². The molecule has 0 spiro atoms. The number of ketones is 1. The van der Waals surface area contributed by atoms with E-state index in [4.69, 9.17) is 14.0 Å². The van der Waals surface area contributed by atoms with Crippen molar-refractivity contribution >= 4 is 40.0 Å². The molecule has 2 heterocycles. The highest BCUT2D eigenvalue weighted by atomic mass is 32.2. The number of carbonyl (C=O) groups excluding carboxylic acids is 2. The molecule has 1 aliphatic heterocycles. The Hall–Kier alpha value is -3.28. The highest BCUT2D eigenvalue weighted by Gasteiger charge is 2.20. The number of aromatic nitrogens is 1. The van der Waals surface area contributed by atoms with E-state index in [-0.39, 0.29) is 30.6 Å². The largest absolute Gasteiger partial charge is 0.490 e. The van der Waals surface area contributed by atoms with Gasteiger partial charge in [0.05, 0.1) is 24.9 Å². The standard InChI is InChI=1S/C26H29N3O6S2/c1-2-19-16-36-26(27-19)21(14-17-4-7-20(8-5-17)29-37(32)33)28-25(31)11-9-22(30)18-6-10-23-24(15-18)35-13-3-12-34-23/h4-8,10,15-16,21,29H,2-3,9,11-14H2,1H3,(H,28,31)(H,32,33)/t21-/m0/s1. The molecule has 1 aliphatic rings. The van der Waals surface area contributed by atoms with Gasteiger partial charge in [-0.3, -0.25) is 18.9 Å². The van der Waals surface area contributed by atoms with Crippen LogP contribution in [0.2, 0.25) is 0 Å². The molecule has 196 valence electrons. The maximum atomic E-state index is 12.9. The first-order chi connectivity index (χ1) is 17.9. The average Bonchev–Trinajstić information content (AvgIpc) is 3.25. The Morgan fingerprint density at radius 1 is 1.11 bits per heavy atom. The lowest BCUT2D eigenvalue weighted by Crippen LogP contribution is -2.30. The number of thiazole rings is 1. The fourth-order valence-corrected chi connectivity index (χ4v) is 5.16. The number of fused-ring (bicyclic) bond motifs is 1. The van der Waals surface area contributed by atoms with E-state index in [9.17, 15) is 13.8 Å². The molecule has 0 radical (unpaired) electrons. The molecule has 3 N–H and O–H groups in total. The van der Waals surface area contributed by atoms with Crippen molar-refractivity contribution in [2.24, 2.45) is 0 Å². The van der Waals surface area contributed by atoms with Crippen LogP contribution in [0.15, 0.2) is 47.8 Å². The van der Waals surface area contributed by atoms with Crippen molar-refractivity contribution in [1.82, 2.24) is 10.3 Å². The summed E-state index contributed by atoms with van der Waals surface area (Å²) in [6.07, 6.45) is 2.17. The number of hydrogen-bond acceptors (Lipinski definition) is 7. The molecule has 1 aromatic heterocycles. The summed E-state index contributed by atoms with van der Waals surface area (Å²) in [4.78, 5) is 30.3. The number of nitrogens with zero attached hydrogens (tertiary/aromatic N) is 1. The molecule has 2 atom stereocenters. The van der Waals surface area contributed by atoms with Crippen molar-refractivity contribution < 1.29 is 27.8 Å². The summed E-state index contributed by atoms with van der Waals surface area (Å²) >= 11 is -0.661. The Labute approximate surface area is 222 Å². The Balaban J connectivity index is 1.39. The highest BCUT2D eigenvalue weighted by Crippen LogP contribution is 2.31. The van der Waals surface area contributed by atoms with Crippen LogP contribution >= 0.6 is 11.3 Å². The fourth-order valence-electron chi connectivity index (χ4n) is 3.87. The molecular weight excluding hydrogens is 514 g/mol. The summed E-state index contributed by atoms with van der Waals surface area (Å²) in [5.41, 5.74) is 2.88. The first-order valence-corrected chi connectivity index (χ1v) is 14.0. The van der Waals surface area contributed by atoms with E-state index in [0.717, 1.165) is 29.1 Å². The quantitative estimate of drug-likeness (QED) is 0.240. The van der Waals surface area contributed by atoms with Gasteiger partial charge in [0.15, 0.2) is 17.3 Å². The van der Waals surface area contributed by atoms with E-state index < -0.39 is 11.3 Å². The summed E-state index contributed by atoms with van der Waals surface area (Å²) in [5.74, 6) is 0.789. The van der Waals surface area contributed by atoms with Gasteiger partial charge in [0.25, 0.3) is 11.3 Å². The SMILES string of the molecule is CCc1csc([C@H](Cc2ccc(NS(=O)O)cc2)NC(=O)CCC(=O)c2ccc3c(c2)OCCCO3)n1. The van der Waals surface area contributed by atoms with Crippen molar-refractivity contribution in [1.29, 1.82) is 0 Å². The normalized spacial score (nSPS) is 14.3. The molecule has 0 aliphatic carbocycles. The predicted molar refractivity (Wildman–Crippen MR) is 143 cm³/mol. The minimum Gasteiger partial charge on any atom is -0.490 e. The van der Waals surface area contributed by atoms with E-state index in [1.54, 1.807) is 30.3 Å². The van der Waals surface area contributed by atoms with Crippen LogP contribution in [0, 0.1) is 0 Å². The molecule has 0 saturated carbocycles. The van der Waals surface area contributed by atoms with Crippen LogP contribution in [0.3, 0.4) is 0 Å². The maximum Gasteiger partial charge on any atom is 0.259 e. The molecule has 4 rings (SSSR count). The second-order valence-electron chi connectivity index (χ2n) is 8.54. The third kappa shape index (κ3) is 7.61. The summed E-state index contributed by atoms with van der Waals surface area (Å²) in [7, 11) is 0. The summed E-state index contributed by atoms with van der Waals surface area (Å²) in [6, 6.07) is 11.8. The number of ether oxygens (including phenoxy) is 2. The van der Waals surface area contributed by atoms with Gasteiger partial charge in [-0.05, 0) is 48.7 Å². The number of amides is 1. The van der Waals surface area contributed by atoms with Crippen molar-refractivity contribution in [2.75, 3.05) is 17.9 Å². The fraction of sp³-hybridized carbons (Fsp3) is 0.346.